The molecule has 110 valence electrons. The van der Waals surface area contributed by atoms with Gasteiger partial charge in [0.05, 0.1) is 5.69 Å². The van der Waals surface area contributed by atoms with E-state index in [1.54, 1.807) is 0 Å². The molecule has 0 bridgehead atoms. The Bertz CT molecular complexity index is 402. The van der Waals surface area contributed by atoms with Gasteiger partial charge < -0.3 is 5.32 Å². The molecule has 1 aliphatic rings. The molecule has 1 atom stereocenters. The van der Waals surface area contributed by atoms with Crippen LogP contribution in [0.3, 0.4) is 0 Å². The molecule has 19 heavy (non-hydrogen) atoms. The van der Waals surface area contributed by atoms with Crippen molar-refractivity contribution >= 4 is 12.4 Å². The Hall–Kier alpha value is -0.580. The van der Waals surface area contributed by atoms with Crippen LogP contribution in [0.4, 0.5) is 0 Å². The summed E-state index contributed by atoms with van der Waals surface area (Å²) in [6.45, 7) is 11.1. The molecule has 1 aliphatic heterocycles. The highest BCUT2D eigenvalue weighted by molar-refractivity contribution is 5.85. The third-order valence-electron chi connectivity index (χ3n) is 3.86. The molecule has 1 aromatic rings. The average molecular weight is 287 g/mol. The van der Waals surface area contributed by atoms with Crippen molar-refractivity contribution in [2.24, 2.45) is 7.05 Å². The number of nitrogens with zero attached hydrogens (tertiary/aromatic N) is 3. The lowest BCUT2D eigenvalue weighted by Gasteiger charge is -2.32. The number of hydrogen-bond donors (Lipinski definition) is 1. The molecule has 2 heterocycles. The molecule has 1 N–H and O–H groups in total. The predicted octanol–water partition coefficient (Wildman–Crippen LogP) is 1.76. The minimum atomic E-state index is 0. The van der Waals surface area contributed by atoms with Gasteiger partial charge in [0.1, 0.15) is 0 Å². The minimum Gasteiger partial charge on any atom is -0.312 e. The molecule has 0 amide bonds. The largest absolute Gasteiger partial charge is 0.312 e. The summed E-state index contributed by atoms with van der Waals surface area (Å²) in [7, 11) is 2.07. The van der Waals surface area contributed by atoms with Crippen LogP contribution < -0.4 is 5.32 Å². The standard InChI is InChI=1S/C14H26N4.ClH/c1-5-13-12(14(6-2)17(4)16-13)10-18-8-7-15-11(3)9-18;/h11,15H,5-10H2,1-4H3;1H/t11-;/m1./s1. The molecule has 0 saturated carbocycles. The van der Waals surface area contributed by atoms with Crippen molar-refractivity contribution in [1.29, 1.82) is 0 Å². The van der Waals surface area contributed by atoms with E-state index in [1.807, 2.05) is 0 Å². The fourth-order valence-corrected chi connectivity index (χ4v) is 2.95. The summed E-state index contributed by atoms with van der Waals surface area (Å²) in [6, 6.07) is 0.602. The van der Waals surface area contributed by atoms with Gasteiger partial charge in [0.15, 0.2) is 0 Å². The number of aryl methyl sites for hydroxylation is 2. The number of piperazine rings is 1. The summed E-state index contributed by atoms with van der Waals surface area (Å²) in [6.07, 6.45) is 2.10. The highest BCUT2D eigenvalue weighted by Gasteiger charge is 2.20. The first-order chi connectivity index (χ1) is 8.65. The second-order valence-corrected chi connectivity index (χ2v) is 5.29. The minimum absolute atomic E-state index is 0. The monoisotopic (exact) mass is 286 g/mol. The van der Waals surface area contributed by atoms with Crippen molar-refractivity contribution < 1.29 is 0 Å². The van der Waals surface area contributed by atoms with Crippen LogP contribution in [0.5, 0.6) is 0 Å². The van der Waals surface area contributed by atoms with Gasteiger partial charge in [-0.05, 0) is 19.8 Å². The first-order valence-electron chi connectivity index (χ1n) is 7.15. The van der Waals surface area contributed by atoms with Gasteiger partial charge in [-0.15, -0.1) is 12.4 Å². The van der Waals surface area contributed by atoms with Crippen molar-refractivity contribution in [3.8, 4) is 0 Å². The molecule has 4 nitrogen and oxygen atoms in total. The van der Waals surface area contributed by atoms with E-state index in [-0.39, 0.29) is 12.4 Å². The topological polar surface area (TPSA) is 33.1 Å². The van der Waals surface area contributed by atoms with Gasteiger partial charge in [0.25, 0.3) is 0 Å². The van der Waals surface area contributed by atoms with E-state index in [4.69, 9.17) is 0 Å². The number of halogens is 1. The quantitative estimate of drug-likeness (QED) is 0.916. The Morgan fingerprint density at radius 1 is 1.32 bits per heavy atom. The summed E-state index contributed by atoms with van der Waals surface area (Å²) in [5.74, 6) is 0. The second-order valence-electron chi connectivity index (χ2n) is 5.29. The molecule has 0 aromatic carbocycles. The molecule has 1 fully saturated rings. The van der Waals surface area contributed by atoms with Crippen molar-refractivity contribution in [2.75, 3.05) is 19.6 Å². The van der Waals surface area contributed by atoms with Gasteiger partial charge in [-0.2, -0.15) is 5.10 Å². The maximum absolute atomic E-state index is 4.66. The summed E-state index contributed by atoms with van der Waals surface area (Å²) < 4.78 is 2.07. The van der Waals surface area contributed by atoms with Crippen LogP contribution in [0.25, 0.3) is 0 Å². The molecule has 0 aliphatic carbocycles. The molecule has 0 unspecified atom stereocenters. The zero-order valence-corrected chi connectivity index (χ0v) is 13.4. The Morgan fingerprint density at radius 3 is 2.63 bits per heavy atom. The van der Waals surface area contributed by atoms with E-state index >= 15 is 0 Å². The van der Waals surface area contributed by atoms with Crippen molar-refractivity contribution in [3.63, 3.8) is 0 Å². The first kappa shape index (κ1) is 16.5. The average Bonchev–Trinajstić information content (AvgIpc) is 2.65. The number of aromatic nitrogens is 2. The summed E-state index contributed by atoms with van der Waals surface area (Å²) >= 11 is 0. The van der Waals surface area contributed by atoms with Crippen LogP contribution in [0.2, 0.25) is 0 Å². The number of hydrogen-bond acceptors (Lipinski definition) is 3. The summed E-state index contributed by atoms with van der Waals surface area (Å²) in [5, 5.41) is 8.16. The summed E-state index contributed by atoms with van der Waals surface area (Å²) in [4.78, 5) is 2.55. The Balaban J connectivity index is 0.00000180. The normalized spacial score (nSPS) is 20.3. The number of nitrogens with one attached hydrogen (secondary N) is 1. The first-order valence-corrected chi connectivity index (χ1v) is 7.15. The molecule has 5 heteroatoms. The molecular formula is C14H27ClN4. The van der Waals surface area contributed by atoms with Crippen molar-refractivity contribution in [3.05, 3.63) is 17.0 Å². The van der Waals surface area contributed by atoms with Crippen LogP contribution in [-0.2, 0) is 26.4 Å². The molecular weight excluding hydrogens is 260 g/mol. The third-order valence-corrected chi connectivity index (χ3v) is 3.86. The van der Waals surface area contributed by atoms with E-state index in [2.05, 4.69) is 47.8 Å². The van der Waals surface area contributed by atoms with E-state index in [0.717, 1.165) is 39.0 Å². The van der Waals surface area contributed by atoms with E-state index in [1.165, 1.54) is 17.0 Å². The van der Waals surface area contributed by atoms with E-state index in [0.29, 0.717) is 6.04 Å². The Kier molecular flexibility index (Phi) is 6.30. The highest BCUT2D eigenvalue weighted by atomic mass is 35.5. The van der Waals surface area contributed by atoms with Crippen LogP contribution in [0, 0.1) is 0 Å². The predicted molar refractivity (Wildman–Crippen MR) is 82.0 cm³/mol. The van der Waals surface area contributed by atoms with Gasteiger partial charge in [-0.1, -0.05) is 13.8 Å². The van der Waals surface area contributed by atoms with Gasteiger partial charge in [-0.3, -0.25) is 9.58 Å². The zero-order chi connectivity index (χ0) is 13.1. The van der Waals surface area contributed by atoms with E-state index < -0.39 is 0 Å². The molecule has 0 spiro atoms. The molecule has 1 saturated heterocycles. The lowest BCUT2D eigenvalue weighted by atomic mass is 10.1. The fraction of sp³-hybridized carbons (Fsp3) is 0.786. The van der Waals surface area contributed by atoms with Gasteiger partial charge >= 0.3 is 0 Å². The van der Waals surface area contributed by atoms with Gasteiger partial charge in [0.2, 0.25) is 0 Å². The SMILES string of the molecule is CCc1nn(C)c(CC)c1CN1CCN[C@H](C)C1.Cl. The highest BCUT2D eigenvalue weighted by Crippen LogP contribution is 2.18. The fourth-order valence-electron chi connectivity index (χ4n) is 2.95. The lowest BCUT2D eigenvalue weighted by molar-refractivity contribution is 0.199. The van der Waals surface area contributed by atoms with Gasteiger partial charge in [-0.25, -0.2) is 0 Å². The Morgan fingerprint density at radius 2 is 2.05 bits per heavy atom. The zero-order valence-electron chi connectivity index (χ0n) is 12.6. The molecule has 2 rings (SSSR count). The van der Waals surface area contributed by atoms with Crippen LogP contribution in [-0.4, -0.2) is 40.4 Å². The van der Waals surface area contributed by atoms with Crippen LogP contribution in [0.15, 0.2) is 0 Å². The second kappa shape index (κ2) is 7.27. The van der Waals surface area contributed by atoms with E-state index in [9.17, 15) is 0 Å². The van der Waals surface area contributed by atoms with Crippen LogP contribution in [0.1, 0.15) is 37.7 Å². The van der Waals surface area contributed by atoms with Crippen molar-refractivity contribution in [1.82, 2.24) is 20.0 Å². The van der Waals surface area contributed by atoms with Crippen LogP contribution >= 0.6 is 12.4 Å². The smallest absolute Gasteiger partial charge is 0.0669 e. The maximum Gasteiger partial charge on any atom is 0.0669 e. The maximum atomic E-state index is 4.66. The third kappa shape index (κ3) is 3.71. The number of rotatable bonds is 4. The van der Waals surface area contributed by atoms with Gasteiger partial charge in [0, 0.05) is 50.5 Å². The molecule has 1 aromatic heterocycles. The Labute approximate surface area is 123 Å². The summed E-state index contributed by atoms with van der Waals surface area (Å²) in [5.41, 5.74) is 4.15. The van der Waals surface area contributed by atoms with Crippen molar-refractivity contribution in [2.45, 2.75) is 46.2 Å². The lowest BCUT2D eigenvalue weighted by Crippen LogP contribution is -2.48. The molecule has 0 radical (unpaired) electrons.